The Kier molecular flexibility index (Phi) is 3.22. The SMILES string of the molecule is Cc1ccc([C@@H]2C[C@H]2CC2CCCCC2)cc1. The van der Waals surface area contributed by atoms with Gasteiger partial charge in [-0.05, 0) is 43.1 Å². The molecule has 0 amide bonds. The maximum absolute atomic E-state index is 2.35. The van der Waals surface area contributed by atoms with Crippen LogP contribution in [0.5, 0.6) is 0 Å². The van der Waals surface area contributed by atoms with E-state index in [1.807, 2.05) is 0 Å². The van der Waals surface area contributed by atoms with E-state index in [-0.39, 0.29) is 0 Å². The first-order valence-corrected chi connectivity index (χ1v) is 7.39. The molecule has 0 nitrogen and oxygen atoms in total. The predicted molar refractivity (Wildman–Crippen MR) is 73.2 cm³/mol. The molecule has 0 unspecified atom stereocenters. The van der Waals surface area contributed by atoms with E-state index in [0.29, 0.717) is 0 Å². The van der Waals surface area contributed by atoms with Crippen molar-refractivity contribution in [1.29, 1.82) is 0 Å². The summed E-state index contributed by atoms with van der Waals surface area (Å²) < 4.78 is 0. The molecule has 0 bridgehead atoms. The summed E-state index contributed by atoms with van der Waals surface area (Å²) in [7, 11) is 0. The number of rotatable bonds is 3. The normalized spacial score (nSPS) is 29.2. The Hall–Kier alpha value is -0.780. The Morgan fingerprint density at radius 2 is 1.71 bits per heavy atom. The Morgan fingerprint density at radius 3 is 2.41 bits per heavy atom. The predicted octanol–water partition coefficient (Wildman–Crippen LogP) is 5.07. The monoisotopic (exact) mass is 228 g/mol. The maximum atomic E-state index is 2.35. The number of hydrogen-bond acceptors (Lipinski definition) is 0. The third kappa shape index (κ3) is 2.73. The molecule has 2 fully saturated rings. The molecule has 0 heteroatoms. The summed E-state index contributed by atoms with van der Waals surface area (Å²) in [6.45, 7) is 2.18. The Morgan fingerprint density at radius 1 is 1.00 bits per heavy atom. The average molecular weight is 228 g/mol. The van der Waals surface area contributed by atoms with Gasteiger partial charge in [0.2, 0.25) is 0 Å². The lowest BCUT2D eigenvalue weighted by Crippen LogP contribution is -2.07. The first-order valence-electron chi connectivity index (χ1n) is 7.39. The van der Waals surface area contributed by atoms with Gasteiger partial charge >= 0.3 is 0 Å². The van der Waals surface area contributed by atoms with E-state index in [0.717, 1.165) is 17.8 Å². The molecular formula is C17H24. The molecule has 2 aliphatic rings. The van der Waals surface area contributed by atoms with E-state index in [4.69, 9.17) is 0 Å². The lowest BCUT2D eigenvalue weighted by atomic mass is 9.85. The van der Waals surface area contributed by atoms with Gasteiger partial charge in [-0.2, -0.15) is 0 Å². The van der Waals surface area contributed by atoms with Crippen LogP contribution in [0.15, 0.2) is 24.3 Å². The van der Waals surface area contributed by atoms with Gasteiger partial charge in [0, 0.05) is 0 Å². The van der Waals surface area contributed by atoms with Crippen LogP contribution >= 0.6 is 0 Å². The van der Waals surface area contributed by atoms with Crippen molar-refractivity contribution in [1.82, 2.24) is 0 Å². The minimum Gasteiger partial charge on any atom is -0.0590 e. The van der Waals surface area contributed by atoms with Crippen LogP contribution in [0.2, 0.25) is 0 Å². The zero-order valence-electron chi connectivity index (χ0n) is 11.0. The lowest BCUT2D eigenvalue weighted by Gasteiger charge is -2.21. The van der Waals surface area contributed by atoms with Gasteiger partial charge in [-0.1, -0.05) is 61.9 Å². The second-order valence-corrected chi connectivity index (χ2v) is 6.25. The molecule has 0 radical (unpaired) electrons. The van der Waals surface area contributed by atoms with Crippen LogP contribution in [0.1, 0.15) is 62.0 Å². The van der Waals surface area contributed by atoms with Crippen LogP contribution in [0.4, 0.5) is 0 Å². The Bertz CT molecular complexity index is 356. The maximum Gasteiger partial charge on any atom is -0.0130 e. The van der Waals surface area contributed by atoms with Crippen molar-refractivity contribution in [2.45, 2.75) is 57.8 Å². The fraction of sp³-hybridized carbons (Fsp3) is 0.647. The Balaban J connectivity index is 1.53. The molecule has 0 aliphatic heterocycles. The van der Waals surface area contributed by atoms with Crippen molar-refractivity contribution in [3.8, 4) is 0 Å². The van der Waals surface area contributed by atoms with Crippen LogP contribution in [0, 0.1) is 18.8 Å². The topological polar surface area (TPSA) is 0 Å². The summed E-state index contributed by atoms with van der Waals surface area (Å²) in [5, 5.41) is 0. The highest BCUT2D eigenvalue weighted by atomic mass is 14.4. The molecule has 0 heterocycles. The van der Waals surface area contributed by atoms with E-state index in [1.54, 1.807) is 5.56 Å². The van der Waals surface area contributed by atoms with Crippen molar-refractivity contribution in [2.24, 2.45) is 11.8 Å². The number of benzene rings is 1. The summed E-state index contributed by atoms with van der Waals surface area (Å²) in [5.74, 6) is 2.97. The summed E-state index contributed by atoms with van der Waals surface area (Å²) in [4.78, 5) is 0. The van der Waals surface area contributed by atoms with Gasteiger partial charge in [-0.3, -0.25) is 0 Å². The van der Waals surface area contributed by atoms with E-state index < -0.39 is 0 Å². The molecule has 0 aromatic heterocycles. The van der Waals surface area contributed by atoms with Gasteiger partial charge in [0.15, 0.2) is 0 Å². The number of aryl methyl sites for hydroxylation is 1. The highest BCUT2D eigenvalue weighted by Crippen LogP contribution is 2.52. The molecular weight excluding hydrogens is 204 g/mol. The highest BCUT2D eigenvalue weighted by molar-refractivity contribution is 5.28. The fourth-order valence-electron chi connectivity index (χ4n) is 3.58. The zero-order chi connectivity index (χ0) is 11.7. The smallest absolute Gasteiger partial charge is 0.0130 e. The minimum atomic E-state index is 0.900. The van der Waals surface area contributed by atoms with Gasteiger partial charge in [-0.15, -0.1) is 0 Å². The van der Waals surface area contributed by atoms with E-state index in [1.165, 1.54) is 50.5 Å². The fourth-order valence-corrected chi connectivity index (χ4v) is 3.58. The summed E-state index contributed by atoms with van der Waals surface area (Å²) in [6.07, 6.45) is 10.5. The summed E-state index contributed by atoms with van der Waals surface area (Å²) in [5.41, 5.74) is 2.98. The third-order valence-electron chi connectivity index (χ3n) is 4.79. The molecule has 2 saturated carbocycles. The molecule has 92 valence electrons. The van der Waals surface area contributed by atoms with Crippen LogP contribution in [-0.2, 0) is 0 Å². The molecule has 17 heavy (non-hydrogen) atoms. The molecule has 0 saturated heterocycles. The zero-order valence-corrected chi connectivity index (χ0v) is 11.0. The summed E-state index contributed by atoms with van der Waals surface area (Å²) in [6, 6.07) is 9.23. The largest absolute Gasteiger partial charge is 0.0590 e. The van der Waals surface area contributed by atoms with Crippen molar-refractivity contribution < 1.29 is 0 Å². The standard InChI is InChI=1S/C17H24/c1-13-7-9-15(10-8-13)17-12-16(17)11-14-5-3-2-4-6-14/h7-10,14,16-17H,2-6,11-12H2,1H3/t16-,17+/m1/s1. The molecule has 1 aromatic rings. The van der Waals surface area contributed by atoms with Gasteiger partial charge < -0.3 is 0 Å². The first kappa shape index (κ1) is 11.3. The highest BCUT2D eigenvalue weighted by Gasteiger charge is 2.39. The quantitative estimate of drug-likeness (QED) is 0.677. The Labute approximate surface area is 105 Å². The van der Waals surface area contributed by atoms with Gasteiger partial charge in [0.25, 0.3) is 0 Å². The van der Waals surface area contributed by atoms with Gasteiger partial charge in [0.05, 0.1) is 0 Å². The molecule has 2 atom stereocenters. The number of hydrogen-bond donors (Lipinski definition) is 0. The first-order chi connectivity index (χ1) is 8.33. The van der Waals surface area contributed by atoms with E-state index in [2.05, 4.69) is 31.2 Å². The van der Waals surface area contributed by atoms with Crippen molar-refractivity contribution in [3.05, 3.63) is 35.4 Å². The molecule has 0 N–H and O–H groups in total. The van der Waals surface area contributed by atoms with E-state index in [9.17, 15) is 0 Å². The molecule has 3 rings (SSSR count). The molecule has 1 aromatic carbocycles. The van der Waals surface area contributed by atoms with Crippen LogP contribution in [0.3, 0.4) is 0 Å². The van der Waals surface area contributed by atoms with E-state index >= 15 is 0 Å². The molecule has 0 spiro atoms. The second kappa shape index (κ2) is 4.84. The van der Waals surface area contributed by atoms with Crippen molar-refractivity contribution in [2.75, 3.05) is 0 Å². The van der Waals surface area contributed by atoms with Gasteiger partial charge in [0.1, 0.15) is 0 Å². The van der Waals surface area contributed by atoms with Crippen molar-refractivity contribution in [3.63, 3.8) is 0 Å². The van der Waals surface area contributed by atoms with Gasteiger partial charge in [-0.25, -0.2) is 0 Å². The summed E-state index contributed by atoms with van der Waals surface area (Å²) >= 11 is 0. The molecule has 2 aliphatic carbocycles. The minimum absolute atomic E-state index is 0.900. The second-order valence-electron chi connectivity index (χ2n) is 6.25. The van der Waals surface area contributed by atoms with Crippen molar-refractivity contribution >= 4 is 0 Å². The lowest BCUT2D eigenvalue weighted by molar-refractivity contribution is 0.323. The van der Waals surface area contributed by atoms with Crippen LogP contribution in [-0.4, -0.2) is 0 Å². The third-order valence-corrected chi connectivity index (χ3v) is 4.79. The average Bonchev–Trinajstić information content (AvgIpc) is 3.11. The van der Waals surface area contributed by atoms with Crippen LogP contribution in [0.25, 0.3) is 0 Å². The van der Waals surface area contributed by atoms with Crippen LogP contribution < -0.4 is 0 Å².